The highest BCUT2D eigenvalue weighted by Gasteiger charge is 2.11. The molecule has 6 heteroatoms. The highest BCUT2D eigenvalue weighted by Crippen LogP contribution is 2.30. The molecule has 0 spiro atoms. The Morgan fingerprint density at radius 2 is 2.10 bits per heavy atom. The van der Waals surface area contributed by atoms with Gasteiger partial charge in [0.1, 0.15) is 0 Å². The number of thiophene rings is 1. The first-order valence-electron chi connectivity index (χ1n) is 6.01. The third-order valence-corrected chi connectivity index (χ3v) is 3.75. The van der Waals surface area contributed by atoms with E-state index in [-0.39, 0.29) is 5.91 Å². The minimum Gasteiger partial charge on any atom is -0.493 e. The topological polar surface area (TPSA) is 47.6 Å². The van der Waals surface area contributed by atoms with E-state index in [1.54, 1.807) is 37.4 Å². The van der Waals surface area contributed by atoms with Crippen molar-refractivity contribution >= 4 is 34.5 Å². The summed E-state index contributed by atoms with van der Waals surface area (Å²) in [6.07, 6.45) is 0. The van der Waals surface area contributed by atoms with Gasteiger partial charge in [-0.15, -0.1) is 11.3 Å². The molecule has 20 heavy (non-hydrogen) atoms. The third kappa shape index (κ3) is 3.43. The summed E-state index contributed by atoms with van der Waals surface area (Å²) in [7, 11) is 1.56. The third-order valence-electron chi connectivity index (χ3n) is 2.52. The maximum absolute atomic E-state index is 12.0. The number of amides is 1. The number of methoxy groups -OCH3 is 1. The molecule has 1 N–H and O–H groups in total. The Hall–Kier alpha value is -1.72. The van der Waals surface area contributed by atoms with Gasteiger partial charge < -0.3 is 14.8 Å². The number of ether oxygens (including phenoxy) is 2. The number of nitrogens with one attached hydrogen (secondary N) is 1. The van der Waals surface area contributed by atoms with Crippen molar-refractivity contribution in [1.82, 2.24) is 0 Å². The molecule has 0 radical (unpaired) electrons. The van der Waals surface area contributed by atoms with Crippen LogP contribution in [0.5, 0.6) is 11.5 Å². The van der Waals surface area contributed by atoms with Crippen LogP contribution in [0.1, 0.15) is 16.6 Å². The van der Waals surface area contributed by atoms with Gasteiger partial charge in [0.25, 0.3) is 5.91 Å². The molecule has 2 aromatic rings. The highest BCUT2D eigenvalue weighted by atomic mass is 35.5. The molecule has 1 amide bonds. The van der Waals surface area contributed by atoms with Crippen LogP contribution in [0.2, 0.25) is 4.34 Å². The monoisotopic (exact) mass is 311 g/mol. The molecule has 0 unspecified atom stereocenters. The van der Waals surface area contributed by atoms with Crippen molar-refractivity contribution in [1.29, 1.82) is 0 Å². The van der Waals surface area contributed by atoms with Gasteiger partial charge >= 0.3 is 0 Å². The lowest BCUT2D eigenvalue weighted by Crippen LogP contribution is -2.10. The maximum atomic E-state index is 12.0. The van der Waals surface area contributed by atoms with Crippen molar-refractivity contribution in [3.8, 4) is 11.5 Å². The summed E-state index contributed by atoms with van der Waals surface area (Å²) in [6.45, 7) is 2.45. The van der Waals surface area contributed by atoms with Crippen LogP contribution >= 0.6 is 22.9 Å². The fraction of sp³-hybridized carbons (Fsp3) is 0.214. The molecule has 0 saturated carbocycles. The summed E-state index contributed by atoms with van der Waals surface area (Å²) in [6, 6.07) is 8.63. The van der Waals surface area contributed by atoms with Crippen LogP contribution in [0.25, 0.3) is 0 Å². The second-order valence-corrected chi connectivity index (χ2v) is 5.57. The van der Waals surface area contributed by atoms with Crippen LogP contribution in [0.15, 0.2) is 30.3 Å². The fourth-order valence-corrected chi connectivity index (χ4v) is 2.59. The second kappa shape index (κ2) is 6.63. The predicted molar refractivity (Wildman–Crippen MR) is 81.4 cm³/mol. The molecule has 2 rings (SSSR count). The first-order valence-corrected chi connectivity index (χ1v) is 7.21. The van der Waals surface area contributed by atoms with Crippen LogP contribution in [-0.2, 0) is 0 Å². The van der Waals surface area contributed by atoms with Crippen LogP contribution in [0.3, 0.4) is 0 Å². The first kappa shape index (κ1) is 14.7. The zero-order valence-electron chi connectivity index (χ0n) is 11.1. The van der Waals surface area contributed by atoms with Crippen LogP contribution in [0, 0.1) is 0 Å². The number of halogens is 1. The number of carbonyl (C=O) groups is 1. The Morgan fingerprint density at radius 3 is 2.70 bits per heavy atom. The van der Waals surface area contributed by atoms with E-state index >= 15 is 0 Å². The lowest BCUT2D eigenvalue weighted by atomic mass is 10.2. The van der Waals surface area contributed by atoms with Crippen molar-refractivity contribution in [2.45, 2.75) is 6.92 Å². The van der Waals surface area contributed by atoms with Gasteiger partial charge in [0, 0.05) is 11.8 Å². The van der Waals surface area contributed by atoms with Crippen LogP contribution < -0.4 is 14.8 Å². The molecule has 0 atom stereocenters. The van der Waals surface area contributed by atoms with Gasteiger partial charge in [0.15, 0.2) is 11.5 Å². The summed E-state index contributed by atoms with van der Waals surface area (Å²) < 4.78 is 11.2. The van der Waals surface area contributed by atoms with E-state index in [2.05, 4.69) is 5.32 Å². The first-order chi connectivity index (χ1) is 9.63. The Morgan fingerprint density at radius 1 is 1.30 bits per heavy atom. The van der Waals surface area contributed by atoms with Gasteiger partial charge in [0.2, 0.25) is 0 Å². The number of anilines is 1. The van der Waals surface area contributed by atoms with Gasteiger partial charge in [-0.1, -0.05) is 11.6 Å². The quantitative estimate of drug-likeness (QED) is 0.905. The summed E-state index contributed by atoms with van der Waals surface area (Å²) in [4.78, 5) is 12.6. The highest BCUT2D eigenvalue weighted by molar-refractivity contribution is 7.18. The molecule has 0 bridgehead atoms. The molecular weight excluding hydrogens is 298 g/mol. The minimum absolute atomic E-state index is 0.201. The number of carbonyl (C=O) groups excluding carboxylic acids is 1. The average Bonchev–Trinajstić information content (AvgIpc) is 2.87. The molecule has 106 valence electrons. The Kier molecular flexibility index (Phi) is 4.87. The molecule has 0 saturated heterocycles. The Bertz CT molecular complexity index is 612. The van der Waals surface area contributed by atoms with E-state index in [1.807, 2.05) is 6.92 Å². The molecule has 0 fully saturated rings. The molecular formula is C14H14ClNO3S. The number of benzene rings is 1. The zero-order valence-corrected chi connectivity index (χ0v) is 12.7. The van der Waals surface area contributed by atoms with Gasteiger partial charge in [-0.3, -0.25) is 4.79 Å². The standard InChI is InChI=1S/C14H14ClNO3S/c1-3-19-10-5-4-9(8-11(10)18-2)16-14(17)12-6-7-13(15)20-12/h4-8H,3H2,1-2H3,(H,16,17). The predicted octanol–water partition coefficient (Wildman–Crippen LogP) is 4.06. The van der Waals surface area contributed by atoms with E-state index in [9.17, 15) is 4.79 Å². The van der Waals surface area contributed by atoms with E-state index in [1.165, 1.54) is 11.3 Å². The zero-order chi connectivity index (χ0) is 14.5. The molecule has 1 aromatic carbocycles. The second-order valence-electron chi connectivity index (χ2n) is 3.86. The van der Waals surface area contributed by atoms with Crippen molar-refractivity contribution in [2.24, 2.45) is 0 Å². The maximum Gasteiger partial charge on any atom is 0.265 e. The van der Waals surface area contributed by atoms with Gasteiger partial charge in [-0.25, -0.2) is 0 Å². The number of rotatable bonds is 5. The normalized spacial score (nSPS) is 10.2. The van der Waals surface area contributed by atoms with Gasteiger partial charge in [-0.2, -0.15) is 0 Å². The fourth-order valence-electron chi connectivity index (χ4n) is 1.65. The van der Waals surface area contributed by atoms with Crippen molar-refractivity contribution in [2.75, 3.05) is 19.0 Å². The van der Waals surface area contributed by atoms with Gasteiger partial charge in [0.05, 0.1) is 22.9 Å². The minimum atomic E-state index is -0.201. The van der Waals surface area contributed by atoms with Crippen molar-refractivity contribution in [3.05, 3.63) is 39.5 Å². The molecule has 4 nitrogen and oxygen atoms in total. The van der Waals surface area contributed by atoms with Crippen molar-refractivity contribution in [3.63, 3.8) is 0 Å². The van der Waals surface area contributed by atoms with Crippen LogP contribution in [-0.4, -0.2) is 19.6 Å². The van der Waals surface area contributed by atoms with E-state index in [0.717, 1.165) is 0 Å². The number of hydrogen-bond acceptors (Lipinski definition) is 4. The smallest absolute Gasteiger partial charge is 0.265 e. The lowest BCUT2D eigenvalue weighted by molar-refractivity contribution is 0.103. The largest absolute Gasteiger partial charge is 0.493 e. The summed E-state index contributed by atoms with van der Waals surface area (Å²) >= 11 is 7.05. The van der Waals surface area contributed by atoms with Crippen molar-refractivity contribution < 1.29 is 14.3 Å². The Labute approximate surface area is 126 Å². The molecule has 0 aliphatic heterocycles. The lowest BCUT2D eigenvalue weighted by Gasteiger charge is -2.11. The summed E-state index contributed by atoms with van der Waals surface area (Å²) in [5.41, 5.74) is 0.639. The van der Waals surface area contributed by atoms with E-state index in [0.29, 0.717) is 33.0 Å². The Balaban J connectivity index is 2.15. The summed E-state index contributed by atoms with van der Waals surface area (Å²) in [5, 5.41) is 2.79. The molecule has 1 heterocycles. The van der Waals surface area contributed by atoms with Crippen LogP contribution in [0.4, 0.5) is 5.69 Å². The average molecular weight is 312 g/mol. The van der Waals surface area contributed by atoms with E-state index in [4.69, 9.17) is 21.1 Å². The van der Waals surface area contributed by atoms with E-state index < -0.39 is 0 Å². The molecule has 1 aromatic heterocycles. The molecule has 0 aliphatic carbocycles. The number of hydrogen-bond donors (Lipinski definition) is 1. The summed E-state index contributed by atoms with van der Waals surface area (Å²) in [5.74, 6) is 1.02. The van der Waals surface area contributed by atoms with Gasteiger partial charge in [-0.05, 0) is 31.2 Å². The SMILES string of the molecule is CCOc1ccc(NC(=O)c2ccc(Cl)s2)cc1OC. The molecule has 0 aliphatic rings.